The van der Waals surface area contributed by atoms with Crippen molar-refractivity contribution in [3.8, 4) is 5.82 Å². The standard InChI is InChI=1S/C16H15N7S/c1-10-7-11(2)23(22-10)15-14-13(8-18-21-15)19-16(20-14)24-9-12-3-5-17-6-4-12/h3-8H,9H2,1-2H3,(H,19,20). The van der Waals surface area contributed by atoms with Gasteiger partial charge in [-0.25, -0.2) is 9.67 Å². The number of fused-ring (bicyclic) bond motifs is 1. The molecule has 0 aliphatic carbocycles. The number of aryl methyl sites for hydroxylation is 2. The summed E-state index contributed by atoms with van der Waals surface area (Å²) in [5.74, 6) is 1.46. The third kappa shape index (κ3) is 2.76. The van der Waals surface area contributed by atoms with Crippen LogP contribution in [0.25, 0.3) is 16.9 Å². The summed E-state index contributed by atoms with van der Waals surface area (Å²) in [6, 6.07) is 6.01. The lowest BCUT2D eigenvalue weighted by Gasteiger charge is -2.02. The number of aromatic amines is 1. The van der Waals surface area contributed by atoms with Crippen molar-refractivity contribution < 1.29 is 0 Å². The summed E-state index contributed by atoms with van der Waals surface area (Å²) in [6.45, 7) is 3.95. The van der Waals surface area contributed by atoms with E-state index in [1.54, 1.807) is 35.0 Å². The first kappa shape index (κ1) is 14.8. The number of rotatable bonds is 4. The lowest BCUT2D eigenvalue weighted by molar-refractivity contribution is 0.789. The van der Waals surface area contributed by atoms with Crippen LogP contribution < -0.4 is 0 Å². The van der Waals surface area contributed by atoms with E-state index in [1.165, 1.54) is 5.56 Å². The van der Waals surface area contributed by atoms with Crippen molar-refractivity contribution in [1.29, 1.82) is 0 Å². The van der Waals surface area contributed by atoms with Crippen LogP contribution in [0.4, 0.5) is 0 Å². The summed E-state index contributed by atoms with van der Waals surface area (Å²) < 4.78 is 1.78. The van der Waals surface area contributed by atoms with Crippen molar-refractivity contribution in [2.24, 2.45) is 0 Å². The van der Waals surface area contributed by atoms with Gasteiger partial charge in [-0.15, -0.1) is 5.10 Å². The van der Waals surface area contributed by atoms with E-state index >= 15 is 0 Å². The minimum Gasteiger partial charge on any atom is -0.331 e. The average molecular weight is 337 g/mol. The van der Waals surface area contributed by atoms with Gasteiger partial charge in [-0.3, -0.25) is 4.98 Å². The van der Waals surface area contributed by atoms with Crippen molar-refractivity contribution in [2.75, 3.05) is 0 Å². The molecule has 0 aromatic carbocycles. The quantitative estimate of drug-likeness (QED) is 0.576. The number of pyridine rings is 1. The Kier molecular flexibility index (Phi) is 3.73. The van der Waals surface area contributed by atoms with Gasteiger partial charge in [-0.2, -0.15) is 10.2 Å². The highest BCUT2D eigenvalue weighted by Crippen LogP contribution is 2.25. The second kappa shape index (κ2) is 6.04. The molecule has 4 rings (SSSR count). The second-order valence-electron chi connectivity index (χ2n) is 5.46. The SMILES string of the molecule is Cc1cc(C)n(-c2nncc3[nH]c(SCc4ccncc4)nc23)n1. The summed E-state index contributed by atoms with van der Waals surface area (Å²) in [6.07, 6.45) is 5.28. The smallest absolute Gasteiger partial charge is 0.204 e. The van der Waals surface area contributed by atoms with Crippen LogP contribution in [-0.2, 0) is 5.75 Å². The molecule has 0 aliphatic heterocycles. The van der Waals surface area contributed by atoms with Crippen LogP contribution in [-0.4, -0.2) is 34.9 Å². The molecule has 0 fully saturated rings. The topological polar surface area (TPSA) is 85.2 Å². The molecular weight excluding hydrogens is 322 g/mol. The van der Waals surface area contributed by atoms with E-state index in [0.29, 0.717) is 5.82 Å². The summed E-state index contributed by atoms with van der Waals surface area (Å²) in [5.41, 5.74) is 4.76. The first-order chi connectivity index (χ1) is 11.7. The van der Waals surface area contributed by atoms with Crippen LogP contribution in [0.5, 0.6) is 0 Å². The van der Waals surface area contributed by atoms with Gasteiger partial charge in [0.1, 0.15) is 5.52 Å². The van der Waals surface area contributed by atoms with Crippen molar-refractivity contribution >= 4 is 22.8 Å². The number of H-pyrrole nitrogens is 1. The summed E-state index contributed by atoms with van der Waals surface area (Å²) >= 11 is 1.63. The molecular formula is C16H15N7S. The zero-order valence-electron chi connectivity index (χ0n) is 13.3. The van der Waals surface area contributed by atoms with Crippen molar-refractivity contribution in [3.63, 3.8) is 0 Å². The largest absolute Gasteiger partial charge is 0.331 e. The Bertz CT molecular complexity index is 990. The third-order valence-electron chi connectivity index (χ3n) is 3.60. The first-order valence-corrected chi connectivity index (χ1v) is 8.46. The third-order valence-corrected chi connectivity index (χ3v) is 4.54. The van der Waals surface area contributed by atoms with Gasteiger partial charge < -0.3 is 4.98 Å². The number of nitrogens with one attached hydrogen (secondary N) is 1. The van der Waals surface area contributed by atoms with Gasteiger partial charge in [0.2, 0.25) is 5.82 Å². The maximum atomic E-state index is 4.68. The number of imidazole rings is 1. The maximum Gasteiger partial charge on any atom is 0.204 e. The molecule has 4 aromatic heterocycles. The molecule has 0 bridgehead atoms. The minimum absolute atomic E-state index is 0.644. The Hall–Kier alpha value is -2.74. The summed E-state index contributed by atoms with van der Waals surface area (Å²) in [5, 5.41) is 13.6. The van der Waals surface area contributed by atoms with Crippen LogP contribution in [0, 0.1) is 13.8 Å². The molecule has 1 N–H and O–H groups in total. The van der Waals surface area contributed by atoms with Gasteiger partial charge >= 0.3 is 0 Å². The molecule has 4 aromatic rings. The average Bonchev–Trinajstić information content (AvgIpc) is 3.16. The van der Waals surface area contributed by atoms with Crippen LogP contribution >= 0.6 is 11.8 Å². The Morgan fingerprint density at radius 1 is 1.21 bits per heavy atom. The fourth-order valence-electron chi connectivity index (χ4n) is 2.50. The van der Waals surface area contributed by atoms with E-state index in [4.69, 9.17) is 0 Å². The van der Waals surface area contributed by atoms with Crippen molar-refractivity contribution in [2.45, 2.75) is 24.8 Å². The Balaban J connectivity index is 1.68. The van der Waals surface area contributed by atoms with E-state index in [2.05, 4.69) is 30.2 Å². The molecule has 0 aliphatic rings. The molecule has 0 saturated carbocycles. The Morgan fingerprint density at radius 2 is 2.04 bits per heavy atom. The molecule has 0 radical (unpaired) electrons. The summed E-state index contributed by atoms with van der Waals surface area (Å²) in [4.78, 5) is 12.0. The van der Waals surface area contributed by atoms with E-state index in [0.717, 1.165) is 33.3 Å². The van der Waals surface area contributed by atoms with E-state index in [1.807, 2.05) is 32.0 Å². The molecule has 0 unspecified atom stereocenters. The molecule has 0 saturated heterocycles. The number of thioether (sulfide) groups is 1. The van der Waals surface area contributed by atoms with Gasteiger partial charge in [0, 0.05) is 23.8 Å². The molecule has 24 heavy (non-hydrogen) atoms. The zero-order chi connectivity index (χ0) is 16.5. The van der Waals surface area contributed by atoms with Crippen LogP contribution in [0.15, 0.2) is 41.9 Å². The fourth-order valence-corrected chi connectivity index (χ4v) is 3.34. The summed E-state index contributed by atoms with van der Waals surface area (Å²) in [7, 11) is 0. The van der Waals surface area contributed by atoms with Gasteiger partial charge in [-0.05, 0) is 37.6 Å². The second-order valence-corrected chi connectivity index (χ2v) is 6.42. The monoisotopic (exact) mass is 337 g/mol. The molecule has 4 heterocycles. The lowest BCUT2D eigenvalue weighted by atomic mass is 10.3. The van der Waals surface area contributed by atoms with Crippen molar-refractivity contribution in [3.05, 3.63) is 53.7 Å². The molecule has 7 nitrogen and oxygen atoms in total. The van der Waals surface area contributed by atoms with Gasteiger partial charge in [0.05, 0.1) is 17.4 Å². The highest BCUT2D eigenvalue weighted by Gasteiger charge is 2.14. The lowest BCUT2D eigenvalue weighted by Crippen LogP contribution is -2.04. The Labute approximate surface area is 142 Å². The van der Waals surface area contributed by atoms with E-state index in [-0.39, 0.29) is 0 Å². The predicted octanol–water partition coefficient (Wildman–Crippen LogP) is 2.84. The van der Waals surface area contributed by atoms with Gasteiger partial charge in [0.25, 0.3) is 0 Å². The van der Waals surface area contributed by atoms with Gasteiger partial charge in [0.15, 0.2) is 5.16 Å². The molecule has 0 spiro atoms. The van der Waals surface area contributed by atoms with Crippen LogP contribution in [0.1, 0.15) is 17.0 Å². The number of nitrogens with zero attached hydrogens (tertiary/aromatic N) is 6. The predicted molar refractivity (Wildman–Crippen MR) is 92.1 cm³/mol. The molecule has 0 amide bonds. The van der Waals surface area contributed by atoms with E-state index < -0.39 is 0 Å². The highest BCUT2D eigenvalue weighted by atomic mass is 32.2. The number of aromatic nitrogens is 7. The molecule has 8 heteroatoms. The fraction of sp³-hybridized carbons (Fsp3) is 0.188. The highest BCUT2D eigenvalue weighted by molar-refractivity contribution is 7.98. The first-order valence-electron chi connectivity index (χ1n) is 7.47. The van der Waals surface area contributed by atoms with E-state index in [9.17, 15) is 0 Å². The number of hydrogen-bond donors (Lipinski definition) is 1. The molecule has 0 atom stereocenters. The van der Waals surface area contributed by atoms with Crippen LogP contribution in [0.2, 0.25) is 0 Å². The Morgan fingerprint density at radius 3 is 2.79 bits per heavy atom. The van der Waals surface area contributed by atoms with Gasteiger partial charge in [-0.1, -0.05) is 11.8 Å². The minimum atomic E-state index is 0.644. The zero-order valence-corrected chi connectivity index (χ0v) is 14.1. The van der Waals surface area contributed by atoms with Crippen LogP contribution in [0.3, 0.4) is 0 Å². The molecule has 120 valence electrons. The normalized spacial score (nSPS) is 11.2. The number of hydrogen-bond acceptors (Lipinski definition) is 6. The van der Waals surface area contributed by atoms with Crippen molar-refractivity contribution in [1.82, 2.24) is 34.9 Å². The maximum absolute atomic E-state index is 4.68.